The van der Waals surface area contributed by atoms with Crippen molar-refractivity contribution in [1.82, 2.24) is 5.32 Å². The van der Waals surface area contributed by atoms with Gasteiger partial charge in [0.15, 0.2) is 0 Å². The molecule has 1 amide bonds. The van der Waals surface area contributed by atoms with Gasteiger partial charge in [0.2, 0.25) is 5.91 Å². The lowest BCUT2D eigenvalue weighted by atomic mass is 10.0. The van der Waals surface area contributed by atoms with Crippen molar-refractivity contribution in [3.05, 3.63) is 0 Å². The van der Waals surface area contributed by atoms with Crippen LogP contribution >= 0.6 is 0 Å². The zero-order chi connectivity index (χ0) is 13.3. The molecule has 0 rings (SSSR count). The Morgan fingerprint density at radius 2 is 1.94 bits per heavy atom. The van der Waals surface area contributed by atoms with Gasteiger partial charge in [-0.3, -0.25) is 4.79 Å². The number of carbonyl (C=O) groups is 1. The van der Waals surface area contributed by atoms with Crippen LogP contribution in [0.15, 0.2) is 0 Å². The van der Waals surface area contributed by atoms with Crippen molar-refractivity contribution in [2.45, 2.75) is 58.6 Å². The van der Waals surface area contributed by atoms with Gasteiger partial charge in [0.05, 0.1) is 12.5 Å². The quantitative estimate of drug-likeness (QED) is 0.648. The van der Waals surface area contributed by atoms with Gasteiger partial charge in [-0.2, -0.15) is 0 Å². The third kappa shape index (κ3) is 9.12. The Labute approximate surface area is 105 Å². The first-order valence-electron chi connectivity index (χ1n) is 6.51. The summed E-state index contributed by atoms with van der Waals surface area (Å²) in [5, 5.41) is 2.98. The van der Waals surface area contributed by atoms with Crippen LogP contribution in [0.3, 0.4) is 0 Å². The van der Waals surface area contributed by atoms with Crippen molar-refractivity contribution in [3.63, 3.8) is 0 Å². The SMILES string of the molecule is COC(CN)CC(=O)NC(C)CCCC(C)C. The van der Waals surface area contributed by atoms with Crippen molar-refractivity contribution in [1.29, 1.82) is 0 Å². The molecule has 3 N–H and O–H groups in total. The number of nitrogens with two attached hydrogens (primary N) is 1. The average molecular weight is 244 g/mol. The predicted octanol–water partition coefficient (Wildman–Crippen LogP) is 1.68. The van der Waals surface area contributed by atoms with E-state index in [0.717, 1.165) is 18.8 Å². The largest absolute Gasteiger partial charge is 0.380 e. The van der Waals surface area contributed by atoms with Crippen molar-refractivity contribution in [2.24, 2.45) is 11.7 Å². The summed E-state index contributed by atoms with van der Waals surface area (Å²) in [6.07, 6.45) is 3.58. The van der Waals surface area contributed by atoms with Crippen LogP contribution < -0.4 is 11.1 Å². The second-order valence-electron chi connectivity index (χ2n) is 5.09. The van der Waals surface area contributed by atoms with Gasteiger partial charge in [-0.25, -0.2) is 0 Å². The van der Waals surface area contributed by atoms with Gasteiger partial charge in [-0.1, -0.05) is 26.7 Å². The van der Waals surface area contributed by atoms with Crippen molar-refractivity contribution >= 4 is 5.91 Å². The minimum atomic E-state index is -0.169. The van der Waals surface area contributed by atoms with Crippen LogP contribution in [-0.4, -0.2) is 31.7 Å². The topological polar surface area (TPSA) is 64.3 Å². The molecule has 0 saturated carbocycles. The lowest BCUT2D eigenvalue weighted by Gasteiger charge is -2.17. The first-order valence-corrected chi connectivity index (χ1v) is 6.51. The summed E-state index contributed by atoms with van der Waals surface area (Å²) < 4.78 is 5.08. The fourth-order valence-corrected chi connectivity index (χ4v) is 1.71. The van der Waals surface area contributed by atoms with E-state index in [1.807, 2.05) is 6.92 Å². The molecule has 0 radical (unpaired) electrons. The summed E-state index contributed by atoms with van der Waals surface area (Å²) in [5.74, 6) is 0.757. The second-order valence-corrected chi connectivity index (χ2v) is 5.09. The lowest BCUT2D eigenvalue weighted by molar-refractivity contribution is -0.124. The molecule has 4 nitrogen and oxygen atoms in total. The first-order chi connectivity index (χ1) is 7.99. The molecule has 0 aromatic rings. The maximum atomic E-state index is 11.6. The van der Waals surface area contributed by atoms with E-state index >= 15 is 0 Å². The zero-order valence-electron chi connectivity index (χ0n) is 11.7. The molecule has 0 aromatic heterocycles. The van der Waals surface area contributed by atoms with Crippen molar-refractivity contribution in [3.8, 4) is 0 Å². The van der Waals surface area contributed by atoms with Crippen LogP contribution in [0.2, 0.25) is 0 Å². The van der Waals surface area contributed by atoms with Gasteiger partial charge in [-0.05, 0) is 19.3 Å². The molecule has 0 spiro atoms. The Kier molecular flexibility index (Phi) is 9.09. The third-order valence-corrected chi connectivity index (χ3v) is 2.84. The van der Waals surface area contributed by atoms with Crippen molar-refractivity contribution < 1.29 is 9.53 Å². The van der Waals surface area contributed by atoms with Gasteiger partial charge in [-0.15, -0.1) is 0 Å². The molecule has 2 atom stereocenters. The Balaban J connectivity index is 3.72. The van der Waals surface area contributed by atoms with E-state index in [0.29, 0.717) is 13.0 Å². The second kappa shape index (κ2) is 9.42. The zero-order valence-corrected chi connectivity index (χ0v) is 11.7. The summed E-state index contributed by atoms with van der Waals surface area (Å²) in [7, 11) is 1.58. The first kappa shape index (κ1) is 16.4. The van der Waals surface area contributed by atoms with Gasteiger partial charge in [0.25, 0.3) is 0 Å². The summed E-state index contributed by atoms with van der Waals surface area (Å²) >= 11 is 0. The lowest BCUT2D eigenvalue weighted by Crippen LogP contribution is -2.37. The number of amides is 1. The molecule has 0 aromatic carbocycles. The number of ether oxygens (including phenoxy) is 1. The van der Waals surface area contributed by atoms with Crippen LogP contribution in [0, 0.1) is 5.92 Å². The molecule has 0 aliphatic heterocycles. The molecular formula is C13H28N2O2. The fourth-order valence-electron chi connectivity index (χ4n) is 1.71. The van der Waals surface area contributed by atoms with E-state index in [2.05, 4.69) is 19.2 Å². The monoisotopic (exact) mass is 244 g/mol. The minimum Gasteiger partial charge on any atom is -0.380 e. The molecule has 0 aliphatic rings. The van der Waals surface area contributed by atoms with Crippen LogP contribution in [0.5, 0.6) is 0 Å². The molecule has 102 valence electrons. The summed E-state index contributed by atoms with van der Waals surface area (Å²) in [4.78, 5) is 11.6. The maximum Gasteiger partial charge on any atom is 0.222 e. The van der Waals surface area contributed by atoms with Gasteiger partial charge >= 0.3 is 0 Å². The van der Waals surface area contributed by atoms with Crippen molar-refractivity contribution in [2.75, 3.05) is 13.7 Å². The van der Waals surface area contributed by atoms with Gasteiger partial charge < -0.3 is 15.8 Å². The smallest absolute Gasteiger partial charge is 0.222 e. The number of carbonyl (C=O) groups excluding carboxylic acids is 1. The van der Waals surface area contributed by atoms with Crippen LogP contribution in [0.4, 0.5) is 0 Å². The third-order valence-electron chi connectivity index (χ3n) is 2.84. The van der Waals surface area contributed by atoms with E-state index in [1.165, 1.54) is 6.42 Å². The van der Waals surface area contributed by atoms with Crippen LogP contribution in [-0.2, 0) is 9.53 Å². The van der Waals surface area contributed by atoms with Crippen LogP contribution in [0.25, 0.3) is 0 Å². The molecule has 2 unspecified atom stereocenters. The highest BCUT2D eigenvalue weighted by atomic mass is 16.5. The average Bonchev–Trinajstić information content (AvgIpc) is 2.25. The number of hydrogen-bond donors (Lipinski definition) is 2. The van der Waals surface area contributed by atoms with E-state index in [-0.39, 0.29) is 18.1 Å². The Morgan fingerprint density at radius 1 is 1.29 bits per heavy atom. The van der Waals surface area contributed by atoms with E-state index in [1.54, 1.807) is 7.11 Å². The highest BCUT2D eigenvalue weighted by Crippen LogP contribution is 2.08. The number of hydrogen-bond acceptors (Lipinski definition) is 3. The van der Waals surface area contributed by atoms with Gasteiger partial charge in [0.1, 0.15) is 0 Å². The highest BCUT2D eigenvalue weighted by molar-refractivity contribution is 5.76. The molecular weight excluding hydrogens is 216 g/mol. The predicted molar refractivity (Wildman–Crippen MR) is 70.8 cm³/mol. The molecule has 0 aliphatic carbocycles. The normalized spacial score (nSPS) is 14.7. The van der Waals surface area contributed by atoms with Gasteiger partial charge in [0, 0.05) is 19.7 Å². The Bertz CT molecular complexity index is 204. The Hall–Kier alpha value is -0.610. The summed E-state index contributed by atoms with van der Waals surface area (Å²) in [6, 6.07) is 0.233. The van der Waals surface area contributed by atoms with Crippen LogP contribution in [0.1, 0.15) is 46.5 Å². The summed E-state index contributed by atoms with van der Waals surface area (Å²) in [6.45, 7) is 6.86. The summed E-state index contributed by atoms with van der Waals surface area (Å²) in [5.41, 5.74) is 5.47. The minimum absolute atomic E-state index is 0.0272. The Morgan fingerprint density at radius 3 is 2.41 bits per heavy atom. The highest BCUT2D eigenvalue weighted by Gasteiger charge is 2.13. The molecule has 4 heteroatoms. The maximum absolute atomic E-state index is 11.6. The van der Waals surface area contributed by atoms with E-state index in [9.17, 15) is 4.79 Å². The number of nitrogens with one attached hydrogen (secondary N) is 1. The number of rotatable bonds is 9. The van der Waals surface area contributed by atoms with E-state index < -0.39 is 0 Å². The molecule has 0 saturated heterocycles. The molecule has 17 heavy (non-hydrogen) atoms. The fraction of sp³-hybridized carbons (Fsp3) is 0.923. The standard InChI is InChI=1S/C13H28N2O2/c1-10(2)6-5-7-11(3)15-13(16)8-12(9-14)17-4/h10-12H,5-9,14H2,1-4H3,(H,15,16). The molecule has 0 fully saturated rings. The molecule has 0 heterocycles. The van der Waals surface area contributed by atoms with E-state index in [4.69, 9.17) is 10.5 Å². The number of methoxy groups -OCH3 is 1. The molecule has 0 bridgehead atoms.